The molecule has 3 rings (SSSR count). The van der Waals surface area contributed by atoms with Crippen LogP contribution in [0.4, 0.5) is 0 Å². The number of carbonyl (C=O) groups excluding carboxylic acids is 1. The SMILES string of the molecule is COCOc1ccc2c(c1)CC1(CC1)C2=O. The number of Topliss-reactive ketones (excluding diaryl/α,β-unsaturated/α-hetero) is 1. The fourth-order valence-electron chi connectivity index (χ4n) is 2.44. The molecule has 1 fully saturated rings. The van der Waals surface area contributed by atoms with E-state index in [-0.39, 0.29) is 12.2 Å². The first-order chi connectivity index (χ1) is 7.75. The van der Waals surface area contributed by atoms with Crippen LogP contribution in [0.3, 0.4) is 0 Å². The van der Waals surface area contributed by atoms with Crippen molar-refractivity contribution in [3.05, 3.63) is 29.3 Å². The highest BCUT2D eigenvalue weighted by atomic mass is 16.7. The smallest absolute Gasteiger partial charge is 0.188 e. The molecule has 1 saturated carbocycles. The number of hydrogen-bond acceptors (Lipinski definition) is 3. The maximum Gasteiger partial charge on any atom is 0.188 e. The first-order valence-corrected chi connectivity index (χ1v) is 5.55. The van der Waals surface area contributed by atoms with E-state index in [2.05, 4.69) is 0 Å². The molecule has 0 atom stereocenters. The molecule has 0 saturated heterocycles. The number of fused-ring (bicyclic) bond motifs is 1. The molecular formula is C13H14O3. The highest BCUT2D eigenvalue weighted by molar-refractivity contribution is 6.06. The first kappa shape index (κ1) is 9.85. The summed E-state index contributed by atoms with van der Waals surface area (Å²) in [5.74, 6) is 1.12. The molecule has 1 aromatic carbocycles. The summed E-state index contributed by atoms with van der Waals surface area (Å²) in [6.07, 6.45) is 2.99. The molecule has 0 N–H and O–H groups in total. The number of carbonyl (C=O) groups is 1. The van der Waals surface area contributed by atoms with Crippen molar-refractivity contribution in [2.45, 2.75) is 19.3 Å². The Morgan fingerprint density at radius 1 is 1.38 bits per heavy atom. The molecule has 0 radical (unpaired) electrons. The van der Waals surface area contributed by atoms with E-state index in [1.807, 2.05) is 18.2 Å². The summed E-state index contributed by atoms with van der Waals surface area (Å²) in [5.41, 5.74) is 2.00. The lowest BCUT2D eigenvalue weighted by molar-refractivity contribution is 0.0511. The van der Waals surface area contributed by atoms with Gasteiger partial charge in [-0.1, -0.05) is 0 Å². The minimum absolute atomic E-state index is 0.0256. The standard InChI is InChI=1S/C13H14O3/c1-15-8-16-10-2-3-11-9(6-10)7-13(4-5-13)12(11)14/h2-3,6H,4-5,7-8H2,1H3. The highest BCUT2D eigenvalue weighted by Gasteiger charge is 2.54. The van der Waals surface area contributed by atoms with Gasteiger partial charge >= 0.3 is 0 Å². The third-order valence-electron chi connectivity index (χ3n) is 3.53. The normalized spacial score (nSPS) is 19.9. The second kappa shape index (κ2) is 3.32. The van der Waals surface area contributed by atoms with Crippen molar-refractivity contribution in [2.75, 3.05) is 13.9 Å². The van der Waals surface area contributed by atoms with Crippen LogP contribution in [-0.4, -0.2) is 19.7 Å². The van der Waals surface area contributed by atoms with Gasteiger partial charge in [0.05, 0.1) is 0 Å². The molecule has 0 heterocycles. The maximum absolute atomic E-state index is 12.0. The van der Waals surface area contributed by atoms with E-state index < -0.39 is 0 Å². The van der Waals surface area contributed by atoms with E-state index in [0.717, 1.165) is 36.1 Å². The number of ether oxygens (including phenoxy) is 2. The summed E-state index contributed by atoms with van der Waals surface area (Å²) in [4.78, 5) is 12.0. The van der Waals surface area contributed by atoms with E-state index in [1.165, 1.54) is 0 Å². The minimum Gasteiger partial charge on any atom is -0.468 e. The van der Waals surface area contributed by atoms with Gasteiger partial charge in [0.1, 0.15) is 5.75 Å². The number of ketones is 1. The summed E-state index contributed by atoms with van der Waals surface area (Å²) >= 11 is 0. The summed E-state index contributed by atoms with van der Waals surface area (Å²) in [6.45, 7) is 0.248. The van der Waals surface area contributed by atoms with Gasteiger partial charge in [0, 0.05) is 18.1 Å². The van der Waals surface area contributed by atoms with Crippen LogP contribution in [0.1, 0.15) is 28.8 Å². The van der Waals surface area contributed by atoms with Gasteiger partial charge in [-0.3, -0.25) is 4.79 Å². The molecule has 2 aliphatic carbocycles. The molecule has 0 aromatic heterocycles. The minimum atomic E-state index is -0.0256. The molecule has 0 unspecified atom stereocenters. The number of benzene rings is 1. The van der Waals surface area contributed by atoms with Crippen LogP contribution in [0.2, 0.25) is 0 Å². The third-order valence-corrected chi connectivity index (χ3v) is 3.53. The molecule has 1 spiro atoms. The fourth-order valence-corrected chi connectivity index (χ4v) is 2.44. The Bertz CT molecular complexity index is 446. The Labute approximate surface area is 94.4 Å². The van der Waals surface area contributed by atoms with Gasteiger partial charge in [0.15, 0.2) is 12.6 Å². The zero-order valence-corrected chi connectivity index (χ0v) is 9.29. The monoisotopic (exact) mass is 218 g/mol. The molecule has 2 aliphatic rings. The second-order valence-electron chi connectivity index (χ2n) is 4.66. The van der Waals surface area contributed by atoms with Crippen LogP contribution in [-0.2, 0) is 11.2 Å². The maximum atomic E-state index is 12.0. The lowest BCUT2D eigenvalue weighted by Gasteiger charge is -2.05. The van der Waals surface area contributed by atoms with E-state index in [9.17, 15) is 4.79 Å². The van der Waals surface area contributed by atoms with Crippen LogP contribution in [0, 0.1) is 5.41 Å². The lowest BCUT2D eigenvalue weighted by Crippen LogP contribution is -2.08. The quantitative estimate of drug-likeness (QED) is 0.729. The van der Waals surface area contributed by atoms with Crippen LogP contribution >= 0.6 is 0 Å². The van der Waals surface area contributed by atoms with Gasteiger partial charge in [0.25, 0.3) is 0 Å². The highest BCUT2D eigenvalue weighted by Crippen LogP contribution is 2.55. The number of hydrogen-bond donors (Lipinski definition) is 0. The van der Waals surface area contributed by atoms with Crippen molar-refractivity contribution in [1.29, 1.82) is 0 Å². The molecule has 3 heteroatoms. The van der Waals surface area contributed by atoms with E-state index in [0.29, 0.717) is 5.78 Å². The van der Waals surface area contributed by atoms with Crippen LogP contribution in [0.5, 0.6) is 5.75 Å². The van der Waals surface area contributed by atoms with Crippen molar-refractivity contribution < 1.29 is 14.3 Å². The molecule has 84 valence electrons. The summed E-state index contributed by atoms with van der Waals surface area (Å²) in [5, 5.41) is 0. The Balaban J connectivity index is 1.88. The summed E-state index contributed by atoms with van der Waals surface area (Å²) < 4.78 is 10.2. The van der Waals surface area contributed by atoms with Crippen molar-refractivity contribution >= 4 is 5.78 Å². The van der Waals surface area contributed by atoms with Crippen molar-refractivity contribution in [1.82, 2.24) is 0 Å². The van der Waals surface area contributed by atoms with Crippen molar-refractivity contribution in [3.8, 4) is 5.75 Å². The topological polar surface area (TPSA) is 35.5 Å². The average molecular weight is 218 g/mol. The van der Waals surface area contributed by atoms with Gasteiger partial charge in [-0.25, -0.2) is 0 Å². The number of methoxy groups -OCH3 is 1. The molecule has 3 nitrogen and oxygen atoms in total. The zero-order valence-electron chi connectivity index (χ0n) is 9.29. The Morgan fingerprint density at radius 2 is 2.19 bits per heavy atom. The largest absolute Gasteiger partial charge is 0.468 e. The van der Waals surface area contributed by atoms with Crippen LogP contribution in [0.15, 0.2) is 18.2 Å². The molecule has 1 aromatic rings. The van der Waals surface area contributed by atoms with E-state index in [1.54, 1.807) is 7.11 Å². The zero-order chi connectivity index (χ0) is 11.2. The van der Waals surface area contributed by atoms with Gasteiger partial charge in [-0.05, 0) is 43.0 Å². The lowest BCUT2D eigenvalue weighted by atomic mass is 10.0. The average Bonchev–Trinajstić information content (AvgIpc) is 3.01. The van der Waals surface area contributed by atoms with Gasteiger partial charge in [-0.2, -0.15) is 0 Å². The summed E-state index contributed by atoms with van der Waals surface area (Å²) in [6, 6.07) is 5.70. The predicted octanol–water partition coefficient (Wildman–Crippen LogP) is 2.19. The van der Waals surface area contributed by atoms with Crippen LogP contribution < -0.4 is 4.74 Å². The molecule has 16 heavy (non-hydrogen) atoms. The molecule has 0 aliphatic heterocycles. The Hall–Kier alpha value is -1.35. The number of rotatable bonds is 3. The van der Waals surface area contributed by atoms with Crippen LogP contribution in [0.25, 0.3) is 0 Å². The van der Waals surface area contributed by atoms with Crippen molar-refractivity contribution in [2.24, 2.45) is 5.41 Å². The fraction of sp³-hybridized carbons (Fsp3) is 0.462. The van der Waals surface area contributed by atoms with E-state index >= 15 is 0 Å². The molecule has 0 amide bonds. The predicted molar refractivity (Wildman–Crippen MR) is 58.6 cm³/mol. The van der Waals surface area contributed by atoms with Gasteiger partial charge < -0.3 is 9.47 Å². The van der Waals surface area contributed by atoms with Gasteiger partial charge in [0.2, 0.25) is 0 Å². The molecule has 0 bridgehead atoms. The van der Waals surface area contributed by atoms with Gasteiger partial charge in [-0.15, -0.1) is 0 Å². The first-order valence-electron chi connectivity index (χ1n) is 5.55. The molecular weight excluding hydrogens is 204 g/mol. The summed E-state index contributed by atoms with van der Waals surface area (Å²) in [7, 11) is 1.59. The Morgan fingerprint density at radius 3 is 2.88 bits per heavy atom. The van der Waals surface area contributed by atoms with Crippen molar-refractivity contribution in [3.63, 3.8) is 0 Å². The third kappa shape index (κ3) is 1.35. The second-order valence-corrected chi connectivity index (χ2v) is 4.66. The Kier molecular flexibility index (Phi) is 2.04. The van der Waals surface area contributed by atoms with E-state index in [4.69, 9.17) is 9.47 Å².